The molecule has 0 bridgehead atoms. The normalized spacial score (nSPS) is 11.7. The van der Waals surface area contributed by atoms with Crippen molar-refractivity contribution < 1.29 is 14.4 Å². The monoisotopic (exact) mass is 409 g/mol. The fraction of sp³-hybridized carbons (Fsp3) is 0.375. The molecule has 0 aromatic heterocycles. The van der Waals surface area contributed by atoms with Gasteiger partial charge >= 0.3 is 0 Å². The number of hydrogen-bond acceptors (Lipinski definition) is 3. The van der Waals surface area contributed by atoms with E-state index in [1.807, 2.05) is 58.9 Å². The molecule has 6 nitrogen and oxygen atoms in total. The second kappa shape index (κ2) is 10.1. The zero-order valence-corrected chi connectivity index (χ0v) is 18.6. The number of rotatable bonds is 7. The first-order valence-corrected chi connectivity index (χ1v) is 10.1. The van der Waals surface area contributed by atoms with Gasteiger partial charge in [0.05, 0.1) is 6.54 Å². The topological polar surface area (TPSA) is 78.5 Å². The van der Waals surface area contributed by atoms with E-state index >= 15 is 0 Å². The summed E-state index contributed by atoms with van der Waals surface area (Å²) in [6, 6.07) is 12.3. The lowest BCUT2D eigenvalue weighted by molar-refractivity contribution is -0.135. The van der Waals surface area contributed by atoms with Gasteiger partial charge in [0.25, 0.3) is 5.91 Å². The van der Waals surface area contributed by atoms with Crippen molar-refractivity contribution in [1.82, 2.24) is 10.2 Å². The molecular formula is C24H31N3O3. The van der Waals surface area contributed by atoms with E-state index in [9.17, 15) is 14.4 Å². The molecule has 0 radical (unpaired) electrons. The van der Waals surface area contributed by atoms with Gasteiger partial charge in [-0.25, -0.2) is 0 Å². The molecule has 0 aliphatic rings. The lowest BCUT2D eigenvalue weighted by atomic mass is 10.0. The third-order valence-electron chi connectivity index (χ3n) is 5.00. The number of benzene rings is 2. The Morgan fingerprint density at radius 2 is 1.57 bits per heavy atom. The Balaban J connectivity index is 2.05. The number of anilines is 1. The summed E-state index contributed by atoms with van der Waals surface area (Å²) in [5.41, 5.74) is 4.15. The van der Waals surface area contributed by atoms with E-state index in [0.29, 0.717) is 5.56 Å². The standard InChI is InChI=1S/C24H31N3O3/c1-15(2)21(26-23(29)19-12-7-9-16(3)13-19)24(30)27(6)14-20(28)25-22-17(4)10-8-11-18(22)5/h7-13,15,21H,14H2,1-6H3,(H,25,28)(H,26,29). The van der Waals surface area contributed by atoms with Crippen LogP contribution < -0.4 is 10.6 Å². The Morgan fingerprint density at radius 1 is 0.967 bits per heavy atom. The molecule has 2 aromatic rings. The largest absolute Gasteiger partial charge is 0.340 e. The molecule has 0 aliphatic carbocycles. The quantitative estimate of drug-likeness (QED) is 0.735. The molecule has 2 aromatic carbocycles. The van der Waals surface area contributed by atoms with Gasteiger partial charge in [-0.1, -0.05) is 49.7 Å². The summed E-state index contributed by atoms with van der Waals surface area (Å²) >= 11 is 0. The molecule has 0 fully saturated rings. The molecule has 160 valence electrons. The van der Waals surface area contributed by atoms with Crippen LogP contribution >= 0.6 is 0 Å². The number of hydrogen-bond donors (Lipinski definition) is 2. The van der Waals surface area contributed by atoms with Crippen LogP contribution in [0.4, 0.5) is 5.69 Å². The number of carbonyl (C=O) groups is 3. The van der Waals surface area contributed by atoms with Crippen molar-refractivity contribution in [3.05, 3.63) is 64.7 Å². The molecular weight excluding hydrogens is 378 g/mol. The second-order valence-electron chi connectivity index (χ2n) is 8.07. The third kappa shape index (κ3) is 5.92. The van der Waals surface area contributed by atoms with Crippen LogP contribution in [-0.4, -0.2) is 42.3 Å². The summed E-state index contributed by atoms with van der Waals surface area (Å²) in [7, 11) is 1.57. The van der Waals surface area contributed by atoms with Gasteiger partial charge in [0, 0.05) is 18.3 Å². The summed E-state index contributed by atoms with van der Waals surface area (Å²) in [5, 5.41) is 5.71. The van der Waals surface area contributed by atoms with Gasteiger partial charge in [0.1, 0.15) is 6.04 Å². The van der Waals surface area contributed by atoms with Crippen LogP contribution in [0.25, 0.3) is 0 Å². The van der Waals surface area contributed by atoms with Gasteiger partial charge in [-0.3, -0.25) is 14.4 Å². The van der Waals surface area contributed by atoms with Gasteiger partial charge in [0.2, 0.25) is 11.8 Å². The van der Waals surface area contributed by atoms with Crippen molar-refractivity contribution in [2.45, 2.75) is 40.7 Å². The van der Waals surface area contributed by atoms with Crippen LogP contribution in [0.1, 0.15) is 40.9 Å². The number of amides is 3. The van der Waals surface area contributed by atoms with Gasteiger partial charge < -0.3 is 15.5 Å². The second-order valence-corrected chi connectivity index (χ2v) is 8.07. The highest BCUT2D eigenvalue weighted by Crippen LogP contribution is 2.19. The molecule has 2 rings (SSSR count). The Kier molecular flexibility index (Phi) is 7.75. The van der Waals surface area contributed by atoms with Gasteiger partial charge in [-0.2, -0.15) is 0 Å². The van der Waals surface area contributed by atoms with Crippen molar-refractivity contribution in [3.63, 3.8) is 0 Å². The van der Waals surface area contributed by atoms with Crippen molar-refractivity contribution in [2.75, 3.05) is 18.9 Å². The van der Waals surface area contributed by atoms with Crippen molar-refractivity contribution in [3.8, 4) is 0 Å². The molecule has 0 spiro atoms. The summed E-state index contributed by atoms with van der Waals surface area (Å²) < 4.78 is 0. The van der Waals surface area contributed by atoms with E-state index in [2.05, 4.69) is 10.6 Å². The lowest BCUT2D eigenvalue weighted by Crippen LogP contribution is -2.51. The van der Waals surface area contributed by atoms with Crippen molar-refractivity contribution >= 4 is 23.4 Å². The number of nitrogens with zero attached hydrogens (tertiary/aromatic N) is 1. The van der Waals surface area contributed by atoms with E-state index in [1.54, 1.807) is 25.2 Å². The minimum absolute atomic E-state index is 0.101. The average molecular weight is 410 g/mol. The zero-order chi connectivity index (χ0) is 22.4. The number of carbonyl (C=O) groups excluding carboxylic acids is 3. The number of para-hydroxylation sites is 1. The molecule has 3 amide bonds. The Morgan fingerprint density at radius 3 is 2.13 bits per heavy atom. The van der Waals surface area contributed by atoms with E-state index in [4.69, 9.17) is 0 Å². The van der Waals surface area contributed by atoms with Crippen LogP contribution in [0.5, 0.6) is 0 Å². The highest BCUT2D eigenvalue weighted by atomic mass is 16.2. The predicted molar refractivity (Wildman–Crippen MR) is 119 cm³/mol. The lowest BCUT2D eigenvalue weighted by Gasteiger charge is -2.27. The van der Waals surface area contributed by atoms with E-state index in [0.717, 1.165) is 22.4 Å². The van der Waals surface area contributed by atoms with Gasteiger partial charge in [0.15, 0.2) is 0 Å². The van der Waals surface area contributed by atoms with Crippen molar-refractivity contribution in [1.29, 1.82) is 0 Å². The van der Waals surface area contributed by atoms with Crippen LogP contribution in [0.3, 0.4) is 0 Å². The Bertz CT molecular complexity index is 917. The maximum Gasteiger partial charge on any atom is 0.251 e. The number of nitrogens with one attached hydrogen (secondary N) is 2. The summed E-state index contributed by atoms with van der Waals surface area (Å²) in [6.45, 7) is 9.38. The number of aryl methyl sites for hydroxylation is 3. The average Bonchev–Trinajstić information content (AvgIpc) is 2.68. The molecule has 1 atom stereocenters. The van der Waals surface area contributed by atoms with E-state index in [-0.39, 0.29) is 30.2 Å². The number of likely N-dealkylation sites (N-methyl/N-ethyl adjacent to an activating group) is 1. The summed E-state index contributed by atoms with van der Waals surface area (Å²) in [4.78, 5) is 39.5. The van der Waals surface area contributed by atoms with E-state index < -0.39 is 6.04 Å². The molecule has 0 saturated heterocycles. The summed E-state index contributed by atoms with van der Waals surface area (Å²) in [5.74, 6) is -1.02. The minimum atomic E-state index is -0.726. The highest BCUT2D eigenvalue weighted by Gasteiger charge is 2.28. The molecule has 6 heteroatoms. The fourth-order valence-corrected chi connectivity index (χ4v) is 3.25. The van der Waals surface area contributed by atoms with Crippen LogP contribution in [0.15, 0.2) is 42.5 Å². The Hall–Kier alpha value is -3.15. The van der Waals surface area contributed by atoms with E-state index in [1.165, 1.54) is 4.90 Å². The first kappa shape index (κ1) is 23.1. The predicted octanol–water partition coefficient (Wildman–Crippen LogP) is 3.46. The van der Waals surface area contributed by atoms with Crippen LogP contribution in [0, 0.1) is 26.7 Å². The highest BCUT2D eigenvalue weighted by molar-refractivity contribution is 5.99. The fourth-order valence-electron chi connectivity index (χ4n) is 3.25. The first-order chi connectivity index (χ1) is 14.1. The molecule has 30 heavy (non-hydrogen) atoms. The zero-order valence-electron chi connectivity index (χ0n) is 18.6. The third-order valence-corrected chi connectivity index (χ3v) is 5.00. The van der Waals surface area contributed by atoms with Gasteiger partial charge in [-0.05, 0) is 49.9 Å². The van der Waals surface area contributed by atoms with Gasteiger partial charge in [-0.15, -0.1) is 0 Å². The molecule has 1 unspecified atom stereocenters. The first-order valence-electron chi connectivity index (χ1n) is 10.1. The summed E-state index contributed by atoms with van der Waals surface area (Å²) in [6.07, 6.45) is 0. The van der Waals surface area contributed by atoms with Crippen LogP contribution in [-0.2, 0) is 9.59 Å². The Labute approximate surface area is 178 Å². The molecule has 0 aliphatic heterocycles. The molecule has 0 saturated carbocycles. The maximum absolute atomic E-state index is 13.0. The smallest absolute Gasteiger partial charge is 0.251 e. The molecule has 2 N–H and O–H groups in total. The minimum Gasteiger partial charge on any atom is -0.340 e. The SMILES string of the molecule is Cc1cccc(C(=O)NC(C(=O)N(C)CC(=O)Nc2c(C)cccc2C)C(C)C)c1. The van der Waals surface area contributed by atoms with Crippen LogP contribution in [0.2, 0.25) is 0 Å². The van der Waals surface area contributed by atoms with Crippen molar-refractivity contribution in [2.24, 2.45) is 5.92 Å². The molecule has 0 heterocycles. The maximum atomic E-state index is 13.0.